The Morgan fingerprint density at radius 2 is 1.87 bits per heavy atom. The molecule has 0 unspecified atom stereocenters. The fourth-order valence-corrected chi connectivity index (χ4v) is 3.73. The molecule has 1 fully saturated rings. The molecule has 0 saturated heterocycles. The number of benzene rings is 1. The number of hydrogen-bond donors (Lipinski definition) is 2. The van der Waals surface area contributed by atoms with Crippen molar-refractivity contribution in [2.75, 3.05) is 5.32 Å². The summed E-state index contributed by atoms with van der Waals surface area (Å²) in [5, 5.41) is 11.1. The molecule has 1 heterocycles. The third kappa shape index (κ3) is 2.78. The number of rotatable bonds is 2. The van der Waals surface area contributed by atoms with Gasteiger partial charge in [-0.1, -0.05) is 24.1 Å². The van der Waals surface area contributed by atoms with E-state index < -0.39 is 5.60 Å². The van der Waals surface area contributed by atoms with Crippen molar-refractivity contribution < 1.29 is 9.53 Å². The number of amides is 1. The topological polar surface area (TPSA) is 62.2 Å². The van der Waals surface area contributed by atoms with Crippen LogP contribution in [0.1, 0.15) is 50.2 Å². The van der Waals surface area contributed by atoms with Crippen molar-refractivity contribution >= 4 is 17.5 Å². The van der Waals surface area contributed by atoms with E-state index in [9.17, 15) is 4.79 Å². The zero-order valence-corrected chi connectivity index (χ0v) is 14.1. The maximum Gasteiger partial charge on any atom is 0.261 e. The molecule has 1 aromatic rings. The largest absolute Gasteiger partial charge is 0.466 e. The first kappa shape index (κ1) is 15.8. The van der Waals surface area contributed by atoms with Crippen LogP contribution in [0.2, 0.25) is 0 Å². The van der Waals surface area contributed by atoms with Gasteiger partial charge in [-0.05, 0) is 63.7 Å². The highest BCUT2D eigenvalue weighted by atomic mass is 16.5. The van der Waals surface area contributed by atoms with Crippen molar-refractivity contribution in [3.8, 4) is 0 Å². The Morgan fingerprint density at radius 3 is 2.52 bits per heavy atom. The van der Waals surface area contributed by atoms with E-state index in [0.29, 0.717) is 5.57 Å². The molecular formula is C19H24N2O2. The van der Waals surface area contributed by atoms with E-state index in [1.54, 1.807) is 0 Å². The zero-order chi connectivity index (χ0) is 16.6. The number of hydrogen-bond acceptors (Lipinski definition) is 3. The number of anilines is 1. The second-order valence-electron chi connectivity index (χ2n) is 6.76. The van der Waals surface area contributed by atoms with E-state index in [1.807, 2.05) is 39.0 Å². The van der Waals surface area contributed by atoms with Crippen molar-refractivity contribution in [3.63, 3.8) is 0 Å². The van der Waals surface area contributed by atoms with E-state index >= 15 is 0 Å². The van der Waals surface area contributed by atoms with Crippen LogP contribution in [0, 0.1) is 19.3 Å². The van der Waals surface area contributed by atoms with Gasteiger partial charge in [0.15, 0.2) is 0 Å². The van der Waals surface area contributed by atoms with Crippen LogP contribution in [0.5, 0.6) is 0 Å². The first-order valence-electron chi connectivity index (χ1n) is 8.31. The first-order chi connectivity index (χ1) is 10.9. The lowest BCUT2D eigenvalue weighted by molar-refractivity contribution is -0.112. The molecule has 1 aromatic carbocycles. The Balaban J connectivity index is 1.87. The molecule has 0 atom stereocenters. The van der Waals surface area contributed by atoms with Gasteiger partial charge in [0.05, 0.1) is 0 Å². The van der Waals surface area contributed by atoms with Crippen molar-refractivity contribution in [2.45, 2.75) is 58.5 Å². The van der Waals surface area contributed by atoms with Gasteiger partial charge in [0.25, 0.3) is 5.91 Å². The third-order valence-electron chi connectivity index (χ3n) is 5.10. The molecule has 0 aromatic heterocycles. The molecule has 2 aliphatic rings. The van der Waals surface area contributed by atoms with Crippen LogP contribution in [-0.2, 0) is 9.53 Å². The van der Waals surface area contributed by atoms with Gasteiger partial charge in [-0.2, -0.15) is 0 Å². The summed E-state index contributed by atoms with van der Waals surface area (Å²) >= 11 is 0. The summed E-state index contributed by atoms with van der Waals surface area (Å²) in [4.78, 5) is 12.7. The van der Waals surface area contributed by atoms with E-state index in [-0.39, 0.29) is 11.8 Å². The Bertz CT molecular complexity index is 697. The van der Waals surface area contributed by atoms with Crippen molar-refractivity contribution in [1.82, 2.24) is 0 Å². The predicted octanol–water partition coefficient (Wildman–Crippen LogP) is 4.27. The van der Waals surface area contributed by atoms with Gasteiger partial charge in [0, 0.05) is 5.69 Å². The smallest absolute Gasteiger partial charge is 0.261 e. The number of ether oxygens (including phenoxy) is 1. The van der Waals surface area contributed by atoms with Crippen LogP contribution in [0.3, 0.4) is 0 Å². The molecule has 3 rings (SSSR count). The highest BCUT2D eigenvalue weighted by Crippen LogP contribution is 2.43. The summed E-state index contributed by atoms with van der Waals surface area (Å²) in [7, 11) is 0. The molecule has 0 bridgehead atoms. The maximum atomic E-state index is 12.7. The van der Waals surface area contributed by atoms with E-state index in [4.69, 9.17) is 10.1 Å². The molecule has 122 valence electrons. The van der Waals surface area contributed by atoms with Gasteiger partial charge >= 0.3 is 0 Å². The second-order valence-corrected chi connectivity index (χ2v) is 6.76. The maximum absolute atomic E-state index is 12.7. The van der Waals surface area contributed by atoms with Gasteiger partial charge in [0.2, 0.25) is 5.90 Å². The molecule has 1 aliphatic heterocycles. The van der Waals surface area contributed by atoms with Gasteiger partial charge in [0.1, 0.15) is 11.2 Å². The monoisotopic (exact) mass is 312 g/mol. The summed E-state index contributed by atoms with van der Waals surface area (Å²) in [5.41, 5.74) is 3.89. The molecule has 1 saturated carbocycles. The lowest BCUT2D eigenvalue weighted by Gasteiger charge is -2.33. The number of carbonyl (C=O) groups is 1. The molecule has 23 heavy (non-hydrogen) atoms. The Kier molecular flexibility index (Phi) is 4.00. The predicted molar refractivity (Wildman–Crippen MR) is 91.9 cm³/mol. The molecule has 0 radical (unpaired) electrons. The highest BCUT2D eigenvalue weighted by molar-refractivity contribution is 6.24. The number of carbonyl (C=O) groups excluding carboxylic acids is 1. The van der Waals surface area contributed by atoms with Crippen LogP contribution in [0.15, 0.2) is 29.3 Å². The van der Waals surface area contributed by atoms with Gasteiger partial charge in [-0.15, -0.1) is 0 Å². The van der Waals surface area contributed by atoms with Crippen molar-refractivity contribution in [2.24, 2.45) is 0 Å². The van der Waals surface area contributed by atoms with Crippen LogP contribution in [-0.4, -0.2) is 17.4 Å². The summed E-state index contributed by atoms with van der Waals surface area (Å²) in [5.74, 6) is -0.214. The Morgan fingerprint density at radius 1 is 1.17 bits per heavy atom. The molecule has 1 aliphatic carbocycles. The minimum atomic E-state index is -0.412. The van der Waals surface area contributed by atoms with Crippen LogP contribution in [0.4, 0.5) is 5.69 Å². The molecular weight excluding hydrogens is 288 g/mol. The van der Waals surface area contributed by atoms with Gasteiger partial charge in [-0.3, -0.25) is 10.2 Å². The average molecular weight is 312 g/mol. The van der Waals surface area contributed by atoms with Gasteiger partial charge < -0.3 is 10.1 Å². The van der Waals surface area contributed by atoms with Crippen molar-refractivity contribution in [3.05, 3.63) is 40.5 Å². The molecule has 4 heteroatoms. The van der Waals surface area contributed by atoms with Gasteiger partial charge in [-0.25, -0.2) is 0 Å². The first-order valence-corrected chi connectivity index (χ1v) is 8.31. The zero-order valence-electron chi connectivity index (χ0n) is 14.1. The normalized spacial score (nSPS) is 19.9. The summed E-state index contributed by atoms with van der Waals surface area (Å²) < 4.78 is 5.87. The molecule has 1 amide bonds. The standard InChI is InChI=1S/C19H24N2O2/c1-12-7-8-15(13(2)11-12)21-18(22)16-14(3)19(23-17(16)20)9-5-4-6-10-19/h7-8,11,20H,4-6,9-10H2,1-3H3,(H,21,22). The van der Waals surface area contributed by atoms with Crippen molar-refractivity contribution in [1.29, 1.82) is 5.41 Å². The Hall–Kier alpha value is -2.10. The Labute approximate surface area is 137 Å². The lowest BCUT2D eigenvalue weighted by atomic mass is 9.79. The third-order valence-corrected chi connectivity index (χ3v) is 5.10. The quantitative estimate of drug-likeness (QED) is 0.856. The minimum absolute atomic E-state index is 0.0201. The average Bonchev–Trinajstić information content (AvgIpc) is 2.73. The summed E-state index contributed by atoms with van der Waals surface area (Å²) in [6.07, 6.45) is 5.20. The minimum Gasteiger partial charge on any atom is -0.466 e. The fourth-order valence-electron chi connectivity index (χ4n) is 3.73. The highest BCUT2D eigenvalue weighted by Gasteiger charge is 2.46. The number of nitrogens with one attached hydrogen (secondary N) is 2. The van der Waals surface area contributed by atoms with E-state index in [0.717, 1.165) is 48.1 Å². The van der Waals surface area contributed by atoms with E-state index in [1.165, 1.54) is 6.42 Å². The fraction of sp³-hybridized carbons (Fsp3) is 0.474. The molecule has 2 N–H and O–H groups in total. The van der Waals surface area contributed by atoms with E-state index in [2.05, 4.69) is 5.32 Å². The second kappa shape index (κ2) is 5.84. The summed E-state index contributed by atoms with van der Waals surface area (Å²) in [6.45, 7) is 5.95. The van der Waals surface area contributed by atoms with Crippen LogP contribution >= 0.6 is 0 Å². The number of aryl methyl sites for hydroxylation is 2. The van der Waals surface area contributed by atoms with Crippen LogP contribution < -0.4 is 5.32 Å². The van der Waals surface area contributed by atoms with Crippen LogP contribution in [0.25, 0.3) is 0 Å². The molecule has 1 spiro atoms. The lowest BCUT2D eigenvalue weighted by Crippen LogP contribution is -2.33. The SMILES string of the molecule is CC1=C(C(=O)Nc2ccc(C)cc2C)C(=N)OC12CCCCC2. The molecule has 4 nitrogen and oxygen atoms in total. The summed E-state index contributed by atoms with van der Waals surface area (Å²) in [6, 6.07) is 5.92.